The first-order chi connectivity index (χ1) is 18.0. The van der Waals surface area contributed by atoms with E-state index in [4.69, 9.17) is 14.4 Å². The summed E-state index contributed by atoms with van der Waals surface area (Å²) in [6, 6.07) is 21.6. The molecule has 6 heteroatoms. The molecule has 2 unspecified atom stereocenters. The second-order valence-corrected chi connectivity index (χ2v) is 12.1. The molecule has 3 heterocycles. The van der Waals surface area contributed by atoms with Crippen molar-refractivity contribution in [3.8, 4) is 0 Å². The Morgan fingerprint density at radius 3 is 2.54 bits per heavy atom. The maximum absolute atomic E-state index is 6.72. The Morgan fingerprint density at radius 2 is 1.76 bits per heavy atom. The number of benzene rings is 4. The van der Waals surface area contributed by atoms with E-state index < -0.39 is 0 Å². The molecule has 0 saturated carbocycles. The van der Waals surface area contributed by atoms with Gasteiger partial charge in [0.25, 0.3) is 0 Å². The molecular formula is C31H26BrN3OS. The first-order valence-corrected chi connectivity index (χ1v) is 14.4. The summed E-state index contributed by atoms with van der Waals surface area (Å²) in [5, 5.41) is 7.17. The summed E-state index contributed by atoms with van der Waals surface area (Å²) in [5.74, 6) is 1.03. The third-order valence-corrected chi connectivity index (χ3v) is 8.96. The van der Waals surface area contributed by atoms with Crippen molar-refractivity contribution in [1.82, 2.24) is 9.97 Å². The molecule has 0 aliphatic carbocycles. The second kappa shape index (κ2) is 8.67. The fourth-order valence-electron chi connectivity index (χ4n) is 5.84. The van der Waals surface area contributed by atoms with Crippen molar-refractivity contribution >= 4 is 70.7 Å². The molecule has 37 heavy (non-hydrogen) atoms. The van der Waals surface area contributed by atoms with Crippen molar-refractivity contribution in [3.63, 3.8) is 0 Å². The van der Waals surface area contributed by atoms with Crippen LogP contribution in [0.2, 0.25) is 0 Å². The number of nitrogens with zero attached hydrogens (tertiary/aromatic N) is 2. The van der Waals surface area contributed by atoms with Crippen molar-refractivity contribution in [1.29, 1.82) is 0 Å². The van der Waals surface area contributed by atoms with Gasteiger partial charge in [0.1, 0.15) is 5.52 Å². The third kappa shape index (κ3) is 3.53. The number of halogens is 1. The van der Waals surface area contributed by atoms with Crippen LogP contribution in [0.15, 0.2) is 69.6 Å². The van der Waals surface area contributed by atoms with Crippen LogP contribution in [-0.2, 0) is 0 Å². The molecule has 1 aliphatic rings. The monoisotopic (exact) mass is 567 g/mol. The van der Waals surface area contributed by atoms with Crippen LogP contribution in [0.3, 0.4) is 0 Å². The number of anilines is 2. The van der Waals surface area contributed by atoms with E-state index in [1.165, 1.54) is 15.8 Å². The molecule has 0 saturated heterocycles. The van der Waals surface area contributed by atoms with Crippen molar-refractivity contribution < 1.29 is 4.42 Å². The summed E-state index contributed by atoms with van der Waals surface area (Å²) in [4.78, 5) is 10.1. The number of aromatic nitrogens is 2. The predicted molar refractivity (Wildman–Crippen MR) is 158 cm³/mol. The summed E-state index contributed by atoms with van der Waals surface area (Å²) in [6.45, 7) is 6.51. The zero-order valence-electron chi connectivity index (χ0n) is 20.9. The van der Waals surface area contributed by atoms with Gasteiger partial charge in [-0.2, -0.15) is 0 Å². The van der Waals surface area contributed by atoms with E-state index in [2.05, 4.69) is 103 Å². The molecule has 1 aliphatic heterocycles. The summed E-state index contributed by atoms with van der Waals surface area (Å²) in [6.07, 6.45) is 2.14. The van der Waals surface area contributed by atoms with Crippen molar-refractivity contribution in [3.05, 3.63) is 92.7 Å². The van der Waals surface area contributed by atoms with Crippen LogP contribution in [0.4, 0.5) is 11.4 Å². The average Bonchev–Trinajstić information content (AvgIpc) is 3.52. The number of rotatable bonds is 4. The van der Waals surface area contributed by atoms with Gasteiger partial charge in [-0.15, -0.1) is 11.3 Å². The highest BCUT2D eigenvalue weighted by atomic mass is 79.9. The molecule has 0 bridgehead atoms. The maximum Gasteiger partial charge on any atom is 0.198 e. The number of hydrogen-bond donors (Lipinski definition) is 1. The van der Waals surface area contributed by atoms with E-state index in [0.717, 1.165) is 72.5 Å². The summed E-state index contributed by atoms with van der Waals surface area (Å²) in [7, 11) is 0. The van der Waals surface area contributed by atoms with Crippen LogP contribution in [0.5, 0.6) is 0 Å². The predicted octanol–water partition coefficient (Wildman–Crippen LogP) is 9.80. The van der Waals surface area contributed by atoms with Crippen LogP contribution in [0.1, 0.15) is 66.1 Å². The zero-order chi connectivity index (χ0) is 25.3. The fourth-order valence-corrected chi connectivity index (χ4v) is 6.95. The van der Waals surface area contributed by atoms with Crippen molar-refractivity contribution in [2.75, 3.05) is 5.32 Å². The summed E-state index contributed by atoms with van der Waals surface area (Å²) in [5.41, 5.74) is 8.63. The standard InChI is InChI=1S/C31H26BrN3OS/c1-4-7-16(2)31-35-28-21-9-6-5-8-20(21)27-26(30(28)36-31)24(18-10-12-19(32)13-11-18)25-22(34-27)14-15-23-29(25)33-17(3)37-23/h5-6,8-16,24,34H,4,7H2,1-3H3. The summed E-state index contributed by atoms with van der Waals surface area (Å²) >= 11 is 5.37. The van der Waals surface area contributed by atoms with Crippen LogP contribution in [0.25, 0.3) is 32.1 Å². The number of hydrogen-bond acceptors (Lipinski definition) is 5. The lowest BCUT2D eigenvalue weighted by Gasteiger charge is -2.31. The smallest absolute Gasteiger partial charge is 0.198 e. The lowest BCUT2D eigenvalue weighted by Crippen LogP contribution is -2.15. The molecule has 1 N–H and O–H groups in total. The normalized spacial score (nSPS) is 15.6. The first kappa shape index (κ1) is 22.9. The number of thiazole rings is 1. The molecule has 2 atom stereocenters. The van der Waals surface area contributed by atoms with Gasteiger partial charge in [-0.1, -0.05) is 72.6 Å². The Bertz CT molecular complexity index is 1820. The molecular weight excluding hydrogens is 542 g/mol. The van der Waals surface area contributed by atoms with Gasteiger partial charge in [-0.05, 0) is 43.2 Å². The Morgan fingerprint density at radius 1 is 0.973 bits per heavy atom. The van der Waals surface area contributed by atoms with E-state index in [0.29, 0.717) is 0 Å². The first-order valence-electron chi connectivity index (χ1n) is 12.8. The fraction of sp³-hybridized carbons (Fsp3) is 0.226. The Labute approximate surface area is 227 Å². The van der Waals surface area contributed by atoms with Gasteiger partial charge in [0, 0.05) is 43.9 Å². The molecule has 4 aromatic carbocycles. The minimum Gasteiger partial charge on any atom is -0.440 e. The van der Waals surface area contributed by atoms with Gasteiger partial charge in [0.15, 0.2) is 11.5 Å². The molecule has 0 radical (unpaired) electrons. The molecule has 7 rings (SSSR count). The van der Waals surface area contributed by atoms with E-state index in [1.807, 2.05) is 0 Å². The highest BCUT2D eigenvalue weighted by Gasteiger charge is 2.35. The number of fused-ring (bicyclic) bond motifs is 9. The minimum absolute atomic E-state index is 0.0427. The Kier molecular flexibility index (Phi) is 5.38. The van der Waals surface area contributed by atoms with Crippen LogP contribution in [-0.4, -0.2) is 9.97 Å². The van der Waals surface area contributed by atoms with Gasteiger partial charge in [0.2, 0.25) is 0 Å². The Balaban J connectivity index is 1.62. The molecule has 4 nitrogen and oxygen atoms in total. The highest BCUT2D eigenvalue weighted by Crippen LogP contribution is 2.53. The summed E-state index contributed by atoms with van der Waals surface area (Å²) < 4.78 is 8.99. The van der Waals surface area contributed by atoms with Gasteiger partial charge < -0.3 is 9.73 Å². The molecule has 0 amide bonds. The minimum atomic E-state index is -0.0427. The largest absolute Gasteiger partial charge is 0.440 e. The van der Waals surface area contributed by atoms with E-state index in [1.54, 1.807) is 11.3 Å². The van der Waals surface area contributed by atoms with Crippen LogP contribution >= 0.6 is 27.3 Å². The van der Waals surface area contributed by atoms with Crippen LogP contribution in [0, 0.1) is 6.92 Å². The second-order valence-electron chi connectivity index (χ2n) is 9.97. The van der Waals surface area contributed by atoms with E-state index >= 15 is 0 Å². The Hall–Kier alpha value is -3.22. The molecule has 0 spiro atoms. The SMILES string of the molecule is CCCC(C)c1nc2c(o1)c1c(c3ccccc32)Nc2ccc3sc(C)nc3c2C1c1ccc(Br)cc1. The molecule has 184 valence electrons. The lowest BCUT2D eigenvalue weighted by atomic mass is 9.79. The number of aryl methyl sites for hydroxylation is 1. The topological polar surface area (TPSA) is 51.0 Å². The zero-order valence-corrected chi connectivity index (χ0v) is 23.3. The lowest BCUT2D eigenvalue weighted by molar-refractivity contribution is 0.466. The number of nitrogens with one attached hydrogen (secondary N) is 1. The molecule has 0 fully saturated rings. The third-order valence-electron chi connectivity index (χ3n) is 7.50. The van der Waals surface area contributed by atoms with Crippen molar-refractivity contribution in [2.24, 2.45) is 0 Å². The van der Waals surface area contributed by atoms with Gasteiger partial charge in [-0.3, -0.25) is 0 Å². The average molecular weight is 569 g/mol. The van der Waals surface area contributed by atoms with Gasteiger partial charge in [0.05, 0.1) is 20.9 Å². The molecule has 2 aromatic heterocycles. The highest BCUT2D eigenvalue weighted by molar-refractivity contribution is 9.10. The van der Waals surface area contributed by atoms with Gasteiger partial charge >= 0.3 is 0 Å². The quantitative estimate of drug-likeness (QED) is 0.230. The van der Waals surface area contributed by atoms with Crippen molar-refractivity contribution in [2.45, 2.75) is 45.4 Å². The molecule has 6 aromatic rings. The van der Waals surface area contributed by atoms with Gasteiger partial charge in [-0.25, -0.2) is 9.97 Å². The number of oxazole rings is 1. The van der Waals surface area contributed by atoms with E-state index in [9.17, 15) is 0 Å². The maximum atomic E-state index is 6.72. The van der Waals surface area contributed by atoms with Crippen LogP contribution < -0.4 is 5.32 Å². The van der Waals surface area contributed by atoms with E-state index in [-0.39, 0.29) is 11.8 Å².